The van der Waals surface area contributed by atoms with Crippen LogP contribution in [0.1, 0.15) is 65.5 Å². The van der Waals surface area contributed by atoms with E-state index in [2.05, 4.69) is 12.2 Å². The molecule has 2 amide bonds. The van der Waals surface area contributed by atoms with Gasteiger partial charge in [-0.2, -0.15) is 0 Å². The van der Waals surface area contributed by atoms with Gasteiger partial charge in [0.2, 0.25) is 5.91 Å². The number of aliphatic hydroxyl groups excluding tert-OH is 1. The Morgan fingerprint density at radius 1 is 1.08 bits per heavy atom. The van der Waals surface area contributed by atoms with Crippen LogP contribution in [0.15, 0.2) is 46.9 Å². The molecule has 36 heavy (non-hydrogen) atoms. The standard InChI is InChI=1S/C27H30N2O6S/c1-3-29(26(32)18-6-4-16(2)5-7-18)21-14-23(36-24(21)27(33)34)17-8-10-19(11-9-17)28-25(31)22-13-12-20(15-30)35-22/h8-14,16,18,30H,3-7,15H2,1-2H3,(H,28,31)(H,33,34)/t16-,18-. The van der Waals surface area contributed by atoms with Crippen molar-refractivity contribution in [3.63, 3.8) is 0 Å². The Morgan fingerprint density at radius 3 is 2.36 bits per heavy atom. The largest absolute Gasteiger partial charge is 0.477 e. The van der Waals surface area contributed by atoms with E-state index in [1.165, 1.54) is 12.1 Å². The smallest absolute Gasteiger partial charge is 0.348 e. The van der Waals surface area contributed by atoms with Gasteiger partial charge in [0.25, 0.3) is 5.91 Å². The molecule has 3 aromatic rings. The van der Waals surface area contributed by atoms with E-state index in [1.54, 1.807) is 35.2 Å². The van der Waals surface area contributed by atoms with Crippen molar-refractivity contribution in [3.8, 4) is 10.4 Å². The van der Waals surface area contributed by atoms with E-state index in [0.717, 1.165) is 47.5 Å². The maximum atomic E-state index is 13.3. The van der Waals surface area contributed by atoms with Crippen molar-refractivity contribution in [1.29, 1.82) is 0 Å². The van der Waals surface area contributed by atoms with E-state index in [1.807, 2.05) is 6.92 Å². The van der Waals surface area contributed by atoms with E-state index in [0.29, 0.717) is 29.6 Å². The third kappa shape index (κ3) is 5.52. The van der Waals surface area contributed by atoms with Crippen molar-refractivity contribution in [3.05, 3.63) is 58.9 Å². The van der Waals surface area contributed by atoms with Crippen LogP contribution in [0, 0.1) is 11.8 Å². The van der Waals surface area contributed by atoms with Crippen LogP contribution < -0.4 is 10.2 Å². The molecule has 1 aromatic carbocycles. The van der Waals surface area contributed by atoms with Gasteiger partial charge in [0.05, 0.1) is 5.69 Å². The Kier molecular flexibility index (Phi) is 7.91. The average Bonchev–Trinajstić information content (AvgIpc) is 3.53. The number of thiophene rings is 1. The zero-order chi connectivity index (χ0) is 25.8. The molecule has 0 atom stereocenters. The number of carboxylic acids is 1. The van der Waals surface area contributed by atoms with Crippen molar-refractivity contribution >= 4 is 40.5 Å². The molecule has 0 aliphatic heterocycles. The molecule has 1 saturated carbocycles. The highest BCUT2D eigenvalue weighted by atomic mass is 32.1. The van der Waals surface area contributed by atoms with Gasteiger partial charge in [-0.05, 0) is 74.4 Å². The minimum absolute atomic E-state index is 0.00316. The summed E-state index contributed by atoms with van der Waals surface area (Å²) in [7, 11) is 0. The predicted molar refractivity (Wildman–Crippen MR) is 138 cm³/mol. The van der Waals surface area contributed by atoms with Gasteiger partial charge in [-0.25, -0.2) is 4.79 Å². The van der Waals surface area contributed by atoms with E-state index < -0.39 is 11.9 Å². The predicted octanol–water partition coefficient (Wildman–Crippen LogP) is 5.63. The number of nitrogens with one attached hydrogen (secondary N) is 1. The van der Waals surface area contributed by atoms with E-state index in [4.69, 9.17) is 9.52 Å². The summed E-state index contributed by atoms with van der Waals surface area (Å²) in [5.74, 6) is -0.563. The number of aromatic carboxylic acids is 1. The number of benzene rings is 1. The number of rotatable bonds is 8. The SMILES string of the molecule is CCN(c1cc(-c2ccc(NC(=O)c3ccc(CO)o3)cc2)sc1C(=O)O)C(=O)[C@H]1CC[C@H](C)CC1. The molecule has 1 fully saturated rings. The summed E-state index contributed by atoms with van der Waals surface area (Å²) < 4.78 is 5.25. The fourth-order valence-electron chi connectivity index (χ4n) is 4.55. The van der Waals surface area contributed by atoms with Crippen LogP contribution in [-0.2, 0) is 11.4 Å². The molecule has 0 radical (unpaired) electrons. The summed E-state index contributed by atoms with van der Waals surface area (Å²) in [6.07, 6.45) is 3.70. The number of furan rings is 1. The van der Waals surface area contributed by atoms with Crippen LogP contribution in [0.2, 0.25) is 0 Å². The quantitative estimate of drug-likeness (QED) is 0.361. The van der Waals surface area contributed by atoms with Gasteiger partial charge in [-0.3, -0.25) is 9.59 Å². The lowest BCUT2D eigenvalue weighted by Gasteiger charge is -2.30. The van der Waals surface area contributed by atoms with Gasteiger partial charge in [0.1, 0.15) is 17.2 Å². The van der Waals surface area contributed by atoms with Crippen LogP contribution in [0.25, 0.3) is 10.4 Å². The fourth-order valence-corrected chi connectivity index (χ4v) is 5.55. The minimum Gasteiger partial charge on any atom is -0.477 e. The van der Waals surface area contributed by atoms with Crippen LogP contribution >= 0.6 is 11.3 Å². The van der Waals surface area contributed by atoms with Gasteiger partial charge in [-0.15, -0.1) is 11.3 Å². The number of carboxylic acid groups (broad SMARTS) is 1. The van der Waals surface area contributed by atoms with Gasteiger partial charge in [-0.1, -0.05) is 19.1 Å². The Hall–Kier alpha value is -3.43. The zero-order valence-electron chi connectivity index (χ0n) is 20.3. The first-order valence-corrected chi connectivity index (χ1v) is 12.9. The summed E-state index contributed by atoms with van der Waals surface area (Å²) in [4.78, 5) is 40.2. The lowest BCUT2D eigenvalue weighted by molar-refractivity contribution is -0.123. The molecule has 1 aliphatic rings. The second-order valence-electron chi connectivity index (χ2n) is 9.13. The molecule has 2 heterocycles. The summed E-state index contributed by atoms with van der Waals surface area (Å²) in [6, 6.07) is 11.8. The second kappa shape index (κ2) is 11.1. The van der Waals surface area contributed by atoms with Crippen molar-refractivity contribution < 1.29 is 29.0 Å². The molecule has 3 N–H and O–H groups in total. The normalized spacial score (nSPS) is 17.5. The highest BCUT2D eigenvalue weighted by Gasteiger charge is 2.31. The molecule has 190 valence electrons. The maximum Gasteiger partial charge on any atom is 0.348 e. The molecule has 9 heteroatoms. The molecule has 0 unspecified atom stereocenters. The first kappa shape index (κ1) is 25.7. The van der Waals surface area contributed by atoms with Crippen LogP contribution in [-0.4, -0.2) is 34.5 Å². The topological polar surface area (TPSA) is 120 Å². The van der Waals surface area contributed by atoms with Crippen molar-refractivity contribution in [2.24, 2.45) is 11.8 Å². The van der Waals surface area contributed by atoms with E-state index in [9.17, 15) is 19.5 Å². The number of carbonyl (C=O) groups is 3. The molecule has 0 saturated heterocycles. The van der Waals surface area contributed by atoms with Gasteiger partial charge in [0.15, 0.2) is 5.76 Å². The maximum absolute atomic E-state index is 13.3. The Balaban J connectivity index is 1.53. The lowest BCUT2D eigenvalue weighted by Crippen LogP contribution is -2.38. The third-order valence-corrected chi connectivity index (χ3v) is 7.77. The summed E-state index contributed by atoms with van der Waals surface area (Å²) in [5.41, 5.74) is 1.75. The monoisotopic (exact) mass is 510 g/mol. The number of hydrogen-bond acceptors (Lipinski definition) is 6. The van der Waals surface area contributed by atoms with E-state index >= 15 is 0 Å². The van der Waals surface area contributed by atoms with Gasteiger partial charge >= 0.3 is 5.97 Å². The molecule has 0 bridgehead atoms. The Bertz CT molecular complexity index is 1240. The fraction of sp³-hybridized carbons (Fsp3) is 0.370. The van der Waals surface area contributed by atoms with Crippen LogP contribution in [0.4, 0.5) is 11.4 Å². The summed E-state index contributed by atoms with van der Waals surface area (Å²) in [5, 5.41) is 21.7. The first-order valence-electron chi connectivity index (χ1n) is 12.1. The zero-order valence-corrected chi connectivity index (χ0v) is 21.1. The minimum atomic E-state index is -1.06. The average molecular weight is 511 g/mol. The Morgan fingerprint density at radius 2 is 1.78 bits per heavy atom. The van der Waals surface area contributed by atoms with Crippen molar-refractivity contribution in [2.45, 2.75) is 46.1 Å². The molecule has 2 aromatic heterocycles. The van der Waals surface area contributed by atoms with Crippen molar-refractivity contribution in [1.82, 2.24) is 0 Å². The molecule has 8 nitrogen and oxygen atoms in total. The molecule has 0 spiro atoms. The highest BCUT2D eigenvalue weighted by molar-refractivity contribution is 7.18. The van der Waals surface area contributed by atoms with Gasteiger partial charge in [0, 0.05) is 23.0 Å². The molecular formula is C27H30N2O6S. The summed E-state index contributed by atoms with van der Waals surface area (Å²) >= 11 is 1.13. The number of anilines is 2. The van der Waals surface area contributed by atoms with Crippen LogP contribution in [0.5, 0.6) is 0 Å². The number of aliphatic hydroxyl groups is 1. The lowest BCUT2D eigenvalue weighted by atomic mass is 9.82. The molecule has 1 aliphatic carbocycles. The third-order valence-electron chi connectivity index (χ3n) is 6.61. The van der Waals surface area contributed by atoms with Gasteiger partial charge < -0.3 is 24.8 Å². The number of nitrogens with zero attached hydrogens (tertiary/aromatic N) is 1. The van der Waals surface area contributed by atoms with Crippen molar-refractivity contribution in [2.75, 3.05) is 16.8 Å². The second-order valence-corrected chi connectivity index (χ2v) is 10.2. The number of carbonyl (C=O) groups excluding carboxylic acids is 2. The number of hydrogen-bond donors (Lipinski definition) is 3. The Labute approximate surface area is 213 Å². The molecular weight excluding hydrogens is 480 g/mol. The molecule has 4 rings (SSSR count). The van der Waals surface area contributed by atoms with E-state index in [-0.39, 0.29) is 29.1 Å². The highest BCUT2D eigenvalue weighted by Crippen LogP contribution is 2.39. The van der Waals surface area contributed by atoms with Crippen LogP contribution in [0.3, 0.4) is 0 Å². The number of amides is 2. The first-order chi connectivity index (χ1) is 17.3. The summed E-state index contributed by atoms with van der Waals surface area (Å²) in [6.45, 7) is 4.18.